The van der Waals surface area contributed by atoms with E-state index < -0.39 is 5.79 Å². The third kappa shape index (κ3) is 2.96. The van der Waals surface area contributed by atoms with Crippen LogP contribution in [-0.2, 0) is 9.53 Å². The second-order valence-corrected chi connectivity index (χ2v) is 5.49. The predicted octanol–water partition coefficient (Wildman–Crippen LogP) is 3.77. The maximum absolute atomic E-state index is 11.6. The molecule has 4 nitrogen and oxygen atoms in total. The average molecular weight is 322 g/mol. The molecule has 1 N–H and O–H groups in total. The molecule has 1 aliphatic carbocycles. The lowest BCUT2D eigenvalue weighted by Gasteiger charge is -2.34. The monoisotopic (exact) mass is 322 g/mol. The van der Waals surface area contributed by atoms with E-state index >= 15 is 0 Å². The number of carbonyl (C=O) groups excluding carboxylic acids is 1. The van der Waals surface area contributed by atoms with E-state index in [9.17, 15) is 9.90 Å². The number of ether oxygens (including phenoxy) is 2. The minimum atomic E-state index is -1.51. The van der Waals surface area contributed by atoms with Crippen molar-refractivity contribution in [3.63, 3.8) is 0 Å². The molecule has 0 aliphatic heterocycles. The van der Waals surface area contributed by atoms with Gasteiger partial charge in [0.1, 0.15) is 12.0 Å². The Morgan fingerprint density at radius 3 is 2.25 bits per heavy atom. The maximum atomic E-state index is 11.6. The van der Waals surface area contributed by atoms with E-state index in [2.05, 4.69) is 0 Å². The number of hydrogen-bond donors (Lipinski definition) is 1. The number of allylic oxidation sites excluding steroid dienone is 2. The molecule has 0 amide bonds. The molecule has 0 radical (unpaired) electrons. The Labute approximate surface area is 140 Å². The summed E-state index contributed by atoms with van der Waals surface area (Å²) in [6, 6.07) is 18.5. The summed E-state index contributed by atoms with van der Waals surface area (Å²) < 4.78 is 11.3. The van der Waals surface area contributed by atoms with Gasteiger partial charge in [0, 0.05) is 24.7 Å². The molecule has 0 aromatic heterocycles. The number of rotatable bonds is 5. The molecule has 0 bridgehead atoms. The summed E-state index contributed by atoms with van der Waals surface area (Å²) in [6.45, 7) is 0. The van der Waals surface area contributed by atoms with Crippen molar-refractivity contribution in [3.05, 3.63) is 89.7 Å². The first kappa shape index (κ1) is 16.0. The maximum Gasteiger partial charge on any atom is 0.289 e. The lowest BCUT2D eigenvalue weighted by molar-refractivity contribution is -0.122. The standard InChI is InChI=1S/C20H18O4/c1-23-20(24-17-10-6-3-7-11-17)13-16(14-21)18(12-19(20)22)15-8-4-2-5-9-15/h2-14,18,22H,1H3. The molecule has 2 aromatic rings. The van der Waals surface area contributed by atoms with Crippen molar-refractivity contribution < 1.29 is 19.4 Å². The number of carbonyl (C=O) groups is 1. The largest absolute Gasteiger partial charge is 0.506 e. The van der Waals surface area contributed by atoms with Gasteiger partial charge in [-0.05, 0) is 23.8 Å². The molecule has 1 aliphatic rings. The summed E-state index contributed by atoms with van der Waals surface area (Å²) in [4.78, 5) is 11.6. The van der Waals surface area contributed by atoms with Gasteiger partial charge in [0.05, 0.1) is 0 Å². The Hall–Kier alpha value is -2.85. The van der Waals surface area contributed by atoms with Gasteiger partial charge in [0.2, 0.25) is 0 Å². The quantitative estimate of drug-likeness (QED) is 0.672. The van der Waals surface area contributed by atoms with E-state index in [0.717, 1.165) is 11.8 Å². The molecule has 0 heterocycles. The summed E-state index contributed by atoms with van der Waals surface area (Å²) in [5, 5.41) is 10.6. The van der Waals surface area contributed by atoms with Crippen LogP contribution in [0.1, 0.15) is 11.5 Å². The summed E-state index contributed by atoms with van der Waals surface area (Å²) in [6.07, 6.45) is 3.88. The first-order valence-corrected chi connectivity index (χ1v) is 7.62. The highest BCUT2D eigenvalue weighted by molar-refractivity contribution is 5.78. The Bertz CT molecular complexity index is 765. The van der Waals surface area contributed by atoms with Gasteiger partial charge in [-0.3, -0.25) is 4.79 Å². The normalized spacial score (nSPS) is 23.1. The zero-order chi connectivity index (χ0) is 17.0. The third-order valence-corrected chi connectivity index (χ3v) is 4.01. The van der Waals surface area contributed by atoms with E-state index in [1.54, 1.807) is 18.2 Å². The highest BCUT2D eigenvalue weighted by Crippen LogP contribution is 2.37. The molecule has 2 aromatic carbocycles. The number of aldehydes is 1. The van der Waals surface area contributed by atoms with E-state index in [4.69, 9.17) is 9.47 Å². The smallest absolute Gasteiger partial charge is 0.289 e. The van der Waals surface area contributed by atoms with Crippen LogP contribution in [0.2, 0.25) is 0 Å². The molecular weight excluding hydrogens is 304 g/mol. The first-order chi connectivity index (χ1) is 11.7. The summed E-state index contributed by atoms with van der Waals surface area (Å²) >= 11 is 0. The molecule has 2 unspecified atom stereocenters. The lowest BCUT2D eigenvalue weighted by atomic mass is 9.85. The third-order valence-electron chi connectivity index (χ3n) is 4.01. The fourth-order valence-corrected chi connectivity index (χ4v) is 2.76. The van der Waals surface area contributed by atoms with Crippen molar-refractivity contribution in [1.82, 2.24) is 0 Å². The molecule has 3 rings (SSSR count). The van der Waals surface area contributed by atoms with Gasteiger partial charge in [-0.2, -0.15) is 0 Å². The molecular formula is C20H18O4. The molecule has 4 heteroatoms. The van der Waals surface area contributed by atoms with Crippen LogP contribution in [0.15, 0.2) is 84.1 Å². The van der Waals surface area contributed by atoms with Crippen LogP contribution in [0.25, 0.3) is 0 Å². The second kappa shape index (κ2) is 6.72. The Balaban J connectivity index is 2.00. The van der Waals surface area contributed by atoms with Crippen molar-refractivity contribution in [3.8, 4) is 5.75 Å². The molecule has 122 valence electrons. The van der Waals surface area contributed by atoms with Gasteiger partial charge >= 0.3 is 0 Å². The number of hydrogen-bond acceptors (Lipinski definition) is 4. The van der Waals surface area contributed by atoms with E-state index in [-0.39, 0.29) is 11.7 Å². The van der Waals surface area contributed by atoms with Crippen LogP contribution in [-0.4, -0.2) is 24.3 Å². The Morgan fingerprint density at radius 2 is 1.67 bits per heavy atom. The average Bonchev–Trinajstić information content (AvgIpc) is 2.64. The van der Waals surface area contributed by atoms with Crippen LogP contribution in [0.4, 0.5) is 0 Å². The van der Waals surface area contributed by atoms with Crippen LogP contribution in [0.3, 0.4) is 0 Å². The van der Waals surface area contributed by atoms with Crippen molar-refractivity contribution in [2.75, 3.05) is 7.11 Å². The number of para-hydroxylation sites is 1. The van der Waals surface area contributed by atoms with Gasteiger partial charge in [-0.1, -0.05) is 48.5 Å². The summed E-state index contributed by atoms with van der Waals surface area (Å²) in [5.74, 6) is -1.42. The zero-order valence-electron chi connectivity index (χ0n) is 13.3. The summed E-state index contributed by atoms with van der Waals surface area (Å²) in [7, 11) is 1.43. The molecule has 0 saturated carbocycles. The van der Waals surface area contributed by atoms with E-state index in [1.165, 1.54) is 13.2 Å². The van der Waals surface area contributed by atoms with Crippen molar-refractivity contribution in [1.29, 1.82) is 0 Å². The number of aliphatic hydroxyl groups excluding tert-OH is 1. The minimum Gasteiger partial charge on any atom is -0.506 e. The Kier molecular flexibility index (Phi) is 4.49. The Morgan fingerprint density at radius 1 is 1.04 bits per heavy atom. The SMILES string of the molecule is COC1(Oc2ccccc2)C=C(C=O)C(c2ccccc2)C=C1O. The topological polar surface area (TPSA) is 55.8 Å². The van der Waals surface area contributed by atoms with Crippen molar-refractivity contribution >= 4 is 6.29 Å². The van der Waals surface area contributed by atoms with Crippen LogP contribution in [0.5, 0.6) is 5.75 Å². The predicted molar refractivity (Wildman–Crippen MR) is 90.9 cm³/mol. The number of aliphatic hydroxyl groups is 1. The molecule has 0 saturated heterocycles. The second-order valence-electron chi connectivity index (χ2n) is 5.49. The van der Waals surface area contributed by atoms with Gasteiger partial charge in [0.25, 0.3) is 5.79 Å². The molecule has 24 heavy (non-hydrogen) atoms. The fourth-order valence-electron chi connectivity index (χ4n) is 2.76. The number of benzene rings is 2. The molecule has 0 spiro atoms. The highest BCUT2D eigenvalue weighted by Gasteiger charge is 2.41. The lowest BCUT2D eigenvalue weighted by Crippen LogP contribution is -2.41. The summed E-state index contributed by atoms with van der Waals surface area (Å²) in [5.41, 5.74) is 1.38. The van der Waals surface area contributed by atoms with Crippen LogP contribution in [0, 0.1) is 0 Å². The zero-order valence-corrected chi connectivity index (χ0v) is 13.3. The fraction of sp³-hybridized carbons (Fsp3) is 0.150. The highest BCUT2D eigenvalue weighted by atomic mass is 16.7. The van der Waals surface area contributed by atoms with Crippen LogP contribution < -0.4 is 4.74 Å². The number of methoxy groups -OCH3 is 1. The van der Waals surface area contributed by atoms with Crippen molar-refractivity contribution in [2.24, 2.45) is 0 Å². The van der Waals surface area contributed by atoms with Gasteiger partial charge in [-0.25, -0.2) is 0 Å². The van der Waals surface area contributed by atoms with E-state index in [0.29, 0.717) is 11.3 Å². The minimum absolute atomic E-state index is 0.0895. The van der Waals surface area contributed by atoms with Gasteiger partial charge in [-0.15, -0.1) is 0 Å². The van der Waals surface area contributed by atoms with E-state index in [1.807, 2.05) is 48.5 Å². The first-order valence-electron chi connectivity index (χ1n) is 7.62. The molecule has 2 atom stereocenters. The van der Waals surface area contributed by atoms with Gasteiger partial charge < -0.3 is 14.6 Å². The van der Waals surface area contributed by atoms with Gasteiger partial charge in [0.15, 0.2) is 5.76 Å². The molecule has 0 fully saturated rings. The van der Waals surface area contributed by atoms with Crippen molar-refractivity contribution in [2.45, 2.75) is 11.7 Å². The van der Waals surface area contributed by atoms with Crippen LogP contribution >= 0.6 is 0 Å².